The quantitative estimate of drug-likeness (QED) is 0.483. The standard InChI is InChI=1S/C23H26N2O7/c1-14(22(27)28)32-25-21(26)11-15(30-2)12-24-23(29)31-13-20-18-9-5-3-7-16(18)17-8-4-6-10-19(17)20/h3-10,14-15,20H,11-13H2,1-2H3,(H,24,29)(H,25,26)(H,27,28). The van der Waals surface area contributed by atoms with Crippen LogP contribution in [0.15, 0.2) is 48.5 Å². The SMILES string of the molecule is COC(CNC(=O)OCC1c2ccccc2-c2ccccc21)CC(=O)NOC(C)C(=O)O. The summed E-state index contributed by atoms with van der Waals surface area (Å²) in [5.74, 6) is -1.82. The minimum absolute atomic E-state index is 0.0368. The monoisotopic (exact) mass is 442 g/mol. The van der Waals surface area contributed by atoms with E-state index in [1.165, 1.54) is 14.0 Å². The number of hydrogen-bond donors (Lipinski definition) is 3. The Morgan fingerprint density at radius 2 is 1.62 bits per heavy atom. The van der Waals surface area contributed by atoms with E-state index in [1.54, 1.807) is 0 Å². The van der Waals surface area contributed by atoms with Crippen molar-refractivity contribution in [3.05, 3.63) is 59.7 Å². The minimum atomic E-state index is -1.20. The van der Waals surface area contributed by atoms with Gasteiger partial charge in [0.15, 0.2) is 6.10 Å². The smallest absolute Gasteiger partial charge is 0.407 e. The predicted molar refractivity (Wildman–Crippen MR) is 115 cm³/mol. The maximum atomic E-state index is 12.2. The van der Waals surface area contributed by atoms with Crippen molar-refractivity contribution in [1.82, 2.24) is 10.8 Å². The summed E-state index contributed by atoms with van der Waals surface area (Å²) < 4.78 is 10.6. The van der Waals surface area contributed by atoms with Crippen LogP contribution >= 0.6 is 0 Å². The molecule has 0 heterocycles. The van der Waals surface area contributed by atoms with Crippen LogP contribution in [0, 0.1) is 0 Å². The van der Waals surface area contributed by atoms with E-state index in [0.717, 1.165) is 22.3 Å². The van der Waals surface area contributed by atoms with Gasteiger partial charge in [0.1, 0.15) is 6.61 Å². The van der Waals surface area contributed by atoms with E-state index in [2.05, 4.69) is 22.9 Å². The van der Waals surface area contributed by atoms with Gasteiger partial charge in [-0.2, -0.15) is 0 Å². The Kier molecular flexibility index (Phi) is 7.80. The average Bonchev–Trinajstić information content (AvgIpc) is 3.12. The van der Waals surface area contributed by atoms with Gasteiger partial charge in [0.05, 0.1) is 12.5 Å². The van der Waals surface area contributed by atoms with Gasteiger partial charge in [-0.25, -0.2) is 15.1 Å². The van der Waals surface area contributed by atoms with Crippen LogP contribution in [0.3, 0.4) is 0 Å². The second-order valence-electron chi connectivity index (χ2n) is 7.39. The molecule has 0 spiro atoms. The van der Waals surface area contributed by atoms with Crippen LogP contribution in [0.25, 0.3) is 11.1 Å². The molecule has 1 aliphatic rings. The zero-order chi connectivity index (χ0) is 23.1. The van der Waals surface area contributed by atoms with E-state index < -0.39 is 30.2 Å². The molecule has 2 amide bonds. The van der Waals surface area contributed by atoms with Gasteiger partial charge in [0.2, 0.25) is 5.91 Å². The van der Waals surface area contributed by atoms with Gasteiger partial charge in [0, 0.05) is 19.6 Å². The lowest BCUT2D eigenvalue weighted by molar-refractivity contribution is -0.159. The third kappa shape index (κ3) is 5.63. The molecule has 0 aromatic heterocycles. The lowest BCUT2D eigenvalue weighted by atomic mass is 9.98. The molecule has 2 unspecified atom stereocenters. The number of carboxylic acid groups (broad SMARTS) is 1. The number of carbonyl (C=O) groups excluding carboxylic acids is 2. The Bertz CT molecular complexity index is 933. The molecule has 2 aromatic carbocycles. The number of amides is 2. The summed E-state index contributed by atoms with van der Waals surface area (Å²) in [4.78, 5) is 39.5. The normalized spacial score (nSPS) is 14.1. The lowest BCUT2D eigenvalue weighted by Crippen LogP contribution is -2.39. The molecule has 170 valence electrons. The molecule has 3 N–H and O–H groups in total. The largest absolute Gasteiger partial charge is 0.479 e. The first-order valence-electron chi connectivity index (χ1n) is 10.2. The van der Waals surface area contributed by atoms with E-state index in [0.29, 0.717) is 0 Å². The highest BCUT2D eigenvalue weighted by Crippen LogP contribution is 2.44. The van der Waals surface area contributed by atoms with Gasteiger partial charge in [0.25, 0.3) is 0 Å². The number of hydrogen-bond acceptors (Lipinski definition) is 6. The van der Waals surface area contributed by atoms with Crippen LogP contribution in [0.1, 0.15) is 30.4 Å². The third-order valence-electron chi connectivity index (χ3n) is 5.26. The molecule has 0 radical (unpaired) electrons. The van der Waals surface area contributed by atoms with Crippen LogP contribution in [0.2, 0.25) is 0 Å². The predicted octanol–water partition coefficient (Wildman–Crippen LogP) is 2.45. The van der Waals surface area contributed by atoms with Crippen molar-refractivity contribution in [3.63, 3.8) is 0 Å². The molecule has 2 aromatic rings. The van der Waals surface area contributed by atoms with Crippen molar-refractivity contribution in [2.45, 2.75) is 31.5 Å². The van der Waals surface area contributed by atoms with Gasteiger partial charge in [-0.05, 0) is 29.2 Å². The Morgan fingerprint density at radius 3 is 2.19 bits per heavy atom. The van der Waals surface area contributed by atoms with E-state index in [1.807, 2.05) is 36.4 Å². The maximum absolute atomic E-state index is 12.2. The number of fused-ring (bicyclic) bond motifs is 3. The topological polar surface area (TPSA) is 123 Å². The molecule has 0 saturated heterocycles. The zero-order valence-corrected chi connectivity index (χ0v) is 17.9. The highest BCUT2D eigenvalue weighted by molar-refractivity contribution is 5.79. The highest BCUT2D eigenvalue weighted by atomic mass is 16.7. The second kappa shape index (κ2) is 10.7. The third-order valence-corrected chi connectivity index (χ3v) is 5.26. The number of methoxy groups -OCH3 is 1. The molecular formula is C23H26N2O7. The molecular weight excluding hydrogens is 416 g/mol. The van der Waals surface area contributed by atoms with Crippen molar-refractivity contribution in [2.24, 2.45) is 0 Å². The summed E-state index contributed by atoms with van der Waals surface area (Å²) in [6, 6.07) is 16.1. The van der Waals surface area contributed by atoms with Crippen molar-refractivity contribution in [3.8, 4) is 11.1 Å². The van der Waals surface area contributed by atoms with E-state index in [-0.39, 0.29) is 25.5 Å². The Morgan fingerprint density at radius 1 is 1.03 bits per heavy atom. The highest BCUT2D eigenvalue weighted by Gasteiger charge is 2.29. The first-order valence-corrected chi connectivity index (χ1v) is 10.2. The summed E-state index contributed by atoms with van der Waals surface area (Å²) in [6.07, 6.45) is -2.57. The summed E-state index contributed by atoms with van der Waals surface area (Å²) in [6.45, 7) is 1.50. The summed E-state index contributed by atoms with van der Waals surface area (Å²) in [5, 5.41) is 11.3. The van der Waals surface area contributed by atoms with Gasteiger partial charge in [-0.3, -0.25) is 9.63 Å². The molecule has 3 rings (SSSR count). The van der Waals surface area contributed by atoms with Crippen molar-refractivity contribution >= 4 is 18.0 Å². The van der Waals surface area contributed by atoms with Crippen LogP contribution in [0.4, 0.5) is 4.79 Å². The number of ether oxygens (including phenoxy) is 2. The molecule has 0 aliphatic heterocycles. The summed E-state index contributed by atoms with van der Waals surface area (Å²) in [7, 11) is 1.40. The molecule has 9 nitrogen and oxygen atoms in total. The van der Waals surface area contributed by atoms with Crippen molar-refractivity contribution in [2.75, 3.05) is 20.3 Å². The number of hydroxylamine groups is 1. The van der Waals surface area contributed by atoms with E-state index in [4.69, 9.17) is 19.4 Å². The number of benzene rings is 2. The van der Waals surface area contributed by atoms with E-state index >= 15 is 0 Å². The fraction of sp³-hybridized carbons (Fsp3) is 0.348. The van der Waals surface area contributed by atoms with E-state index in [9.17, 15) is 14.4 Å². The Labute approximate surface area is 185 Å². The number of carboxylic acids is 1. The number of carbonyl (C=O) groups is 3. The lowest BCUT2D eigenvalue weighted by Gasteiger charge is -2.18. The molecule has 0 saturated carbocycles. The number of rotatable bonds is 10. The zero-order valence-electron chi connectivity index (χ0n) is 17.9. The fourth-order valence-electron chi connectivity index (χ4n) is 3.54. The number of alkyl carbamates (subject to hydrolysis) is 1. The Hall–Kier alpha value is -3.43. The van der Waals surface area contributed by atoms with Gasteiger partial charge in [-0.15, -0.1) is 0 Å². The van der Waals surface area contributed by atoms with Gasteiger partial charge in [-0.1, -0.05) is 48.5 Å². The van der Waals surface area contributed by atoms with Crippen LogP contribution < -0.4 is 10.8 Å². The van der Waals surface area contributed by atoms with Crippen LogP contribution in [-0.4, -0.2) is 55.5 Å². The molecule has 0 bridgehead atoms. The first kappa shape index (κ1) is 23.2. The molecule has 9 heteroatoms. The second-order valence-corrected chi connectivity index (χ2v) is 7.39. The Balaban J connectivity index is 1.48. The molecule has 32 heavy (non-hydrogen) atoms. The van der Waals surface area contributed by atoms with Crippen molar-refractivity contribution in [1.29, 1.82) is 0 Å². The summed E-state index contributed by atoms with van der Waals surface area (Å²) >= 11 is 0. The molecule has 1 aliphatic carbocycles. The maximum Gasteiger partial charge on any atom is 0.407 e. The molecule has 2 atom stereocenters. The minimum Gasteiger partial charge on any atom is -0.479 e. The summed E-state index contributed by atoms with van der Waals surface area (Å²) in [5.41, 5.74) is 6.56. The average molecular weight is 442 g/mol. The fourth-order valence-corrected chi connectivity index (χ4v) is 3.54. The first-order chi connectivity index (χ1) is 15.4. The molecule has 0 fully saturated rings. The van der Waals surface area contributed by atoms with Crippen LogP contribution in [-0.2, 0) is 23.9 Å². The number of aliphatic carboxylic acids is 1. The van der Waals surface area contributed by atoms with Crippen molar-refractivity contribution < 1.29 is 33.8 Å². The van der Waals surface area contributed by atoms with Gasteiger partial charge < -0.3 is 19.9 Å². The van der Waals surface area contributed by atoms with Crippen LogP contribution in [0.5, 0.6) is 0 Å². The number of nitrogens with one attached hydrogen (secondary N) is 2. The van der Waals surface area contributed by atoms with Gasteiger partial charge >= 0.3 is 12.1 Å².